The van der Waals surface area contributed by atoms with Crippen molar-refractivity contribution in [2.75, 3.05) is 34.4 Å². The molecule has 0 heterocycles. The average molecular weight is 282 g/mol. The number of rotatable bonds is 10. The molecule has 0 aliphatic carbocycles. The van der Waals surface area contributed by atoms with Gasteiger partial charge in [-0.15, -0.1) is 0 Å². The highest BCUT2D eigenvalue weighted by Gasteiger charge is 2.27. The molecule has 108 valence electrons. The van der Waals surface area contributed by atoms with E-state index in [1.165, 1.54) is 6.26 Å². The molecule has 0 rings (SSSR count). The van der Waals surface area contributed by atoms with Crippen LogP contribution in [0.2, 0.25) is 0 Å². The van der Waals surface area contributed by atoms with Gasteiger partial charge in [-0.25, -0.2) is 4.57 Å². The monoisotopic (exact) mass is 282 g/mol. The summed E-state index contributed by atoms with van der Waals surface area (Å²) in [5.41, 5.74) is 0. The van der Waals surface area contributed by atoms with E-state index in [0.717, 1.165) is 19.3 Å². The van der Waals surface area contributed by atoms with Gasteiger partial charge in [-0.3, -0.25) is 4.52 Å². The standard InChI is InChI=1S/C11H24NO5P/c1-5-16-9-7-6-8-11(12(2,3)4)10-17-18(13,14)15/h5,11H,1,6-10H2,2-4H3,(H-,13,14,15)/p+1. The molecule has 1 unspecified atom stereocenters. The molecule has 0 radical (unpaired) electrons. The number of quaternary nitrogens is 1. The van der Waals surface area contributed by atoms with Gasteiger partial charge in [-0.2, -0.15) is 0 Å². The van der Waals surface area contributed by atoms with Gasteiger partial charge in [-0.05, 0) is 12.8 Å². The van der Waals surface area contributed by atoms with E-state index in [1.54, 1.807) is 0 Å². The highest BCUT2D eigenvalue weighted by Crippen LogP contribution is 2.36. The first-order valence-electron chi connectivity index (χ1n) is 5.90. The van der Waals surface area contributed by atoms with Crippen LogP contribution in [0, 0.1) is 0 Å². The summed E-state index contributed by atoms with van der Waals surface area (Å²) in [6, 6.07) is 0.0429. The Balaban J connectivity index is 4.09. The zero-order valence-electron chi connectivity index (χ0n) is 11.4. The van der Waals surface area contributed by atoms with Gasteiger partial charge in [0.15, 0.2) is 0 Å². The highest BCUT2D eigenvalue weighted by atomic mass is 31.2. The van der Waals surface area contributed by atoms with E-state index in [9.17, 15) is 4.57 Å². The molecular formula is C11H25NO5P+. The maximum Gasteiger partial charge on any atom is 0.469 e. The van der Waals surface area contributed by atoms with Gasteiger partial charge < -0.3 is 19.0 Å². The Hall–Kier alpha value is -0.390. The molecule has 0 saturated heterocycles. The molecule has 0 aliphatic heterocycles. The SMILES string of the molecule is C=COCCCCC(COP(=O)(O)O)[N+](C)(C)C. The second kappa shape index (κ2) is 7.92. The molecule has 0 bridgehead atoms. The summed E-state index contributed by atoms with van der Waals surface area (Å²) in [7, 11) is 1.55. The normalized spacial score (nSPS) is 14.3. The van der Waals surface area contributed by atoms with Crippen LogP contribution in [0.4, 0.5) is 0 Å². The predicted molar refractivity (Wildman–Crippen MR) is 69.8 cm³/mol. The van der Waals surface area contributed by atoms with E-state index in [1.807, 2.05) is 21.1 Å². The van der Waals surface area contributed by atoms with Gasteiger partial charge in [0, 0.05) is 6.42 Å². The summed E-state index contributed by atoms with van der Waals surface area (Å²) < 4.78 is 20.9. The lowest BCUT2D eigenvalue weighted by Gasteiger charge is -2.34. The lowest BCUT2D eigenvalue weighted by molar-refractivity contribution is -0.896. The van der Waals surface area contributed by atoms with Crippen molar-refractivity contribution in [3.05, 3.63) is 12.8 Å². The molecule has 0 aromatic carbocycles. The third-order valence-electron chi connectivity index (χ3n) is 2.70. The molecule has 2 N–H and O–H groups in total. The van der Waals surface area contributed by atoms with Crippen LogP contribution in [0.25, 0.3) is 0 Å². The Kier molecular flexibility index (Phi) is 7.75. The molecule has 0 aromatic rings. The zero-order chi connectivity index (χ0) is 14.2. The number of phosphoric ester groups is 1. The molecule has 18 heavy (non-hydrogen) atoms. The Morgan fingerprint density at radius 2 is 1.94 bits per heavy atom. The van der Waals surface area contributed by atoms with E-state index in [2.05, 4.69) is 11.1 Å². The van der Waals surface area contributed by atoms with Gasteiger partial charge in [0.1, 0.15) is 12.6 Å². The van der Waals surface area contributed by atoms with Crippen molar-refractivity contribution in [2.24, 2.45) is 0 Å². The topological polar surface area (TPSA) is 76.0 Å². The Morgan fingerprint density at radius 1 is 1.33 bits per heavy atom. The first kappa shape index (κ1) is 17.6. The van der Waals surface area contributed by atoms with E-state index in [0.29, 0.717) is 11.1 Å². The third kappa shape index (κ3) is 9.62. The molecule has 0 fully saturated rings. The fraction of sp³-hybridized carbons (Fsp3) is 0.818. The molecule has 7 heteroatoms. The summed E-state index contributed by atoms with van der Waals surface area (Å²) in [5.74, 6) is 0. The number of unbranched alkanes of at least 4 members (excludes halogenated alkanes) is 1. The zero-order valence-corrected chi connectivity index (χ0v) is 12.3. The first-order valence-corrected chi connectivity index (χ1v) is 7.43. The van der Waals surface area contributed by atoms with Crippen LogP contribution in [0.1, 0.15) is 19.3 Å². The van der Waals surface area contributed by atoms with Crippen molar-refractivity contribution < 1.29 is 28.1 Å². The smallest absolute Gasteiger partial charge is 0.469 e. The first-order chi connectivity index (χ1) is 8.17. The van der Waals surface area contributed by atoms with Crippen molar-refractivity contribution in [1.29, 1.82) is 0 Å². The number of ether oxygens (including phenoxy) is 1. The largest absolute Gasteiger partial charge is 0.502 e. The fourth-order valence-electron chi connectivity index (χ4n) is 1.53. The Bertz CT molecular complexity index is 284. The molecule has 0 saturated carbocycles. The molecule has 6 nitrogen and oxygen atoms in total. The van der Waals surface area contributed by atoms with Gasteiger partial charge >= 0.3 is 7.82 Å². The van der Waals surface area contributed by atoms with Crippen LogP contribution in [0.3, 0.4) is 0 Å². The highest BCUT2D eigenvalue weighted by molar-refractivity contribution is 7.46. The van der Waals surface area contributed by atoms with Gasteiger partial charge in [0.2, 0.25) is 0 Å². The molecule has 0 amide bonds. The minimum atomic E-state index is -4.39. The minimum absolute atomic E-state index is 0.0429. The predicted octanol–water partition coefficient (Wildman–Crippen LogP) is 1.50. The summed E-state index contributed by atoms with van der Waals surface area (Å²) in [6.45, 7) is 4.13. The fourth-order valence-corrected chi connectivity index (χ4v) is 1.89. The van der Waals surface area contributed by atoms with E-state index < -0.39 is 7.82 Å². The van der Waals surface area contributed by atoms with Crippen LogP contribution in [0.5, 0.6) is 0 Å². The van der Waals surface area contributed by atoms with E-state index in [4.69, 9.17) is 14.5 Å². The molecule has 1 atom stereocenters. The van der Waals surface area contributed by atoms with Gasteiger partial charge in [0.25, 0.3) is 0 Å². The summed E-state index contributed by atoms with van der Waals surface area (Å²) in [5, 5.41) is 0. The van der Waals surface area contributed by atoms with Crippen molar-refractivity contribution in [1.82, 2.24) is 0 Å². The summed E-state index contributed by atoms with van der Waals surface area (Å²) in [6.07, 6.45) is 4.04. The summed E-state index contributed by atoms with van der Waals surface area (Å²) in [4.78, 5) is 17.4. The van der Waals surface area contributed by atoms with Crippen LogP contribution >= 0.6 is 7.82 Å². The van der Waals surface area contributed by atoms with Crippen molar-refractivity contribution in [3.63, 3.8) is 0 Å². The second-order valence-electron chi connectivity index (χ2n) is 5.09. The van der Waals surface area contributed by atoms with Gasteiger partial charge in [0.05, 0.1) is 34.0 Å². The van der Waals surface area contributed by atoms with Crippen LogP contribution < -0.4 is 0 Å². The third-order valence-corrected chi connectivity index (χ3v) is 3.18. The average Bonchev–Trinajstić information content (AvgIpc) is 2.18. The number of likely N-dealkylation sites (N-methyl/N-ethyl adjacent to an activating group) is 1. The number of nitrogens with zero attached hydrogens (tertiary/aromatic N) is 1. The number of hydrogen-bond donors (Lipinski definition) is 2. The molecule has 0 spiro atoms. The van der Waals surface area contributed by atoms with E-state index in [-0.39, 0.29) is 12.6 Å². The Morgan fingerprint density at radius 3 is 2.39 bits per heavy atom. The molecular weight excluding hydrogens is 257 g/mol. The van der Waals surface area contributed by atoms with E-state index >= 15 is 0 Å². The van der Waals surface area contributed by atoms with Crippen LogP contribution in [-0.4, -0.2) is 54.7 Å². The van der Waals surface area contributed by atoms with Crippen molar-refractivity contribution in [3.8, 4) is 0 Å². The second-order valence-corrected chi connectivity index (χ2v) is 6.33. The maximum absolute atomic E-state index is 10.7. The van der Waals surface area contributed by atoms with Crippen LogP contribution in [-0.2, 0) is 13.8 Å². The minimum Gasteiger partial charge on any atom is -0.502 e. The molecule has 0 aliphatic rings. The lowest BCUT2D eigenvalue weighted by atomic mass is 10.1. The molecule has 0 aromatic heterocycles. The van der Waals surface area contributed by atoms with Crippen LogP contribution in [0.15, 0.2) is 12.8 Å². The van der Waals surface area contributed by atoms with Gasteiger partial charge in [-0.1, -0.05) is 6.58 Å². The number of phosphoric acid groups is 1. The number of hydrogen-bond acceptors (Lipinski definition) is 3. The van der Waals surface area contributed by atoms with Crippen molar-refractivity contribution in [2.45, 2.75) is 25.3 Å². The quantitative estimate of drug-likeness (QED) is 0.275. The van der Waals surface area contributed by atoms with Crippen molar-refractivity contribution >= 4 is 7.82 Å². The Labute approximate surface area is 109 Å². The summed E-state index contributed by atoms with van der Waals surface area (Å²) >= 11 is 0. The maximum atomic E-state index is 10.7. The lowest BCUT2D eigenvalue weighted by Crippen LogP contribution is -2.47.